The molecule has 3 heterocycles. The quantitative estimate of drug-likeness (QED) is 0.842. The highest BCUT2D eigenvalue weighted by Crippen LogP contribution is 2.23. The highest BCUT2D eigenvalue weighted by atomic mass is 35.5. The van der Waals surface area contributed by atoms with E-state index in [0.29, 0.717) is 11.9 Å². The molecule has 0 aromatic carbocycles. The Bertz CT molecular complexity index is 344. The van der Waals surface area contributed by atoms with Crippen LogP contribution in [0.2, 0.25) is 0 Å². The molecule has 0 aliphatic carbocycles. The summed E-state index contributed by atoms with van der Waals surface area (Å²) >= 11 is 0. The Morgan fingerprint density at radius 3 is 2.50 bits per heavy atom. The van der Waals surface area contributed by atoms with Crippen LogP contribution in [0.1, 0.15) is 32.1 Å². The number of amides is 1. The van der Waals surface area contributed by atoms with Crippen molar-refractivity contribution in [1.29, 1.82) is 0 Å². The third-order valence-corrected chi connectivity index (χ3v) is 5.17. The van der Waals surface area contributed by atoms with Crippen LogP contribution in [0.25, 0.3) is 0 Å². The lowest BCUT2D eigenvalue weighted by Gasteiger charge is -2.41. The first-order valence-electron chi connectivity index (χ1n) is 8.66. The first-order chi connectivity index (χ1) is 10.3. The minimum Gasteiger partial charge on any atom is -0.379 e. The van der Waals surface area contributed by atoms with E-state index >= 15 is 0 Å². The molecule has 1 amide bonds. The van der Waals surface area contributed by atoms with Crippen molar-refractivity contribution < 1.29 is 9.53 Å². The van der Waals surface area contributed by atoms with Crippen LogP contribution in [0, 0.1) is 5.92 Å². The molecule has 0 aromatic heterocycles. The van der Waals surface area contributed by atoms with E-state index in [4.69, 9.17) is 4.74 Å². The topological polar surface area (TPSA) is 44.8 Å². The van der Waals surface area contributed by atoms with Gasteiger partial charge in [0.1, 0.15) is 0 Å². The minimum absolute atomic E-state index is 0. The van der Waals surface area contributed by atoms with Crippen LogP contribution in [0.15, 0.2) is 0 Å². The number of piperidine rings is 2. The molecule has 0 bridgehead atoms. The van der Waals surface area contributed by atoms with Crippen LogP contribution in [0.3, 0.4) is 0 Å². The van der Waals surface area contributed by atoms with Crippen LogP contribution in [-0.4, -0.2) is 74.2 Å². The van der Waals surface area contributed by atoms with Gasteiger partial charge in [-0.25, -0.2) is 0 Å². The minimum atomic E-state index is 0. The lowest BCUT2D eigenvalue weighted by molar-refractivity contribution is -0.140. The maximum Gasteiger partial charge on any atom is 0.226 e. The number of carbonyl (C=O) groups excluding carboxylic acids is 1. The molecule has 3 aliphatic rings. The summed E-state index contributed by atoms with van der Waals surface area (Å²) in [6, 6.07) is 0.430. The van der Waals surface area contributed by atoms with Crippen molar-refractivity contribution >= 4 is 18.3 Å². The molecule has 3 saturated heterocycles. The summed E-state index contributed by atoms with van der Waals surface area (Å²) in [5.74, 6) is 0.686. The molecule has 1 N–H and O–H groups in total. The zero-order valence-electron chi connectivity index (χ0n) is 13.5. The number of carbonyl (C=O) groups is 1. The zero-order valence-corrected chi connectivity index (χ0v) is 14.3. The van der Waals surface area contributed by atoms with Crippen molar-refractivity contribution in [2.75, 3.05) is 52.5 Å². The Hall–Kier alpha value is -0.360. The maximum absolute atomic E-state index is 12.9. The Morgan fingerprint density at radius 1 is 1.05 bits per heavy atom. The molecule has 22 heavy (non-hydrogen) atoms. The van der Waals surface area contributed by atoms with Gasteiger partial charge >= 0.3 is 0 Å². The SMILES string of the molecule is Cl.O=C(C1CCNCC1)N1CCCCC1CN1CCOCC1. The molecule has 0 spiro atoms. The smallest absolute Gasteiger partial charge is 0.226 e. The summed E-state index contributed by atoms with van der Waals surface area (Å²) in [6.07, 6.45) is 5.65. The molecule has 5 nitrogen and oxygen atoms in total. The fourth-order valence-electron chi connectivity index (χ4n) is 3.87. The lowest BCUT2D eigenvalue weighted by Crippen LogP contribution is -2.53. The zero-order chi connectivity index (χ0) is 14.5. The Morgan fingerprint density at radius 2 is 1.77 bits per heavy atom. The van der Waals surface area contributed by atoms with Gasteiger partial charge in [-0.3, -0.25) is 9.69 Å². The van der Waals surface area contributed by atoms with Crippen molar-refractivity contribution in [3.63, 3.8) is 0 Å². The molecule has 1 unspecified atom stereocenters. The second kappa shape index (κ2) is 9.06. The first-order valence-corrected chi connectivity index (χ1v) is 8.66. The highest BCUT2D eigenvalue weighted by Gasteiger charge is 2.33. The van der Waals surface area contributed by atoms with Gasteiger partial charge in [0.2, 0.25) is 5.91 Å². The molecule has 1 atom stereocenters. The summed E-state index contributed by atoms with van der Waals surface area (Å²) in [4.78, 5) is 17.6. The van der Waals surface area contributed by atoms with Gasteiger partial charge in [-0.2, -0.15) is 0 Å². The van der Waals surface area contributed by atoms with Crippen LogP contribution < -0.4 is 5.32 Å². The van der Waals surface area contributed by atoms with Crippen LogP contribution >= 0.6 is 12.4 Å². The Balaban J connectivity index is 0.00000176. The summed E-state index contributed by atoms with van der Waals surface area (Å²) in [6.45, 7) is 7.73. The predicted molar refractivity (Wildman–Crippen MR) is 89.5 cm³/mol. The fraction of sp³-hybridized carbons (Fsp3) is 0.938. The highest BCUT2D eigenvalue weighted by molar-refractivity contribution is 5.85. The van der Waals surface area contributed by atoms with Crippen LogP contribution in [0.4, 0.5) is 0 Å². The van der Waals surface area contributed by atoms with Gasteiger partial charge in [-0.1, -0.05) is 0 Å². The number of likely N-dealkylation sites (tertiary alicyclic amines) is 1. The van der Waals surface area contributed by atoms with Crippen LogP contribution in [0.5, 0.6) is 0 Å². The van der Waals surface area contributed by atoms with Gasteiger partial charge in [0.15, 0.2) is 0 Å². The molecule has 0 saturated carbocycles. The van der Waals surface area contributed by atoms with Gasteiger partial charge in [-0.15, -0.1) is 12.4 Å². The largest absolute Gasteiger partial charge is 0.379 e. The number of rotatable bonds is 3. The molecule has 3 aliphatic heterocycles. The van der Waals surface area contributed by atoms with Crippen molar-refractivity contribution in [2.24, 2.45) is 5.92 Å². The van der Waals surface area contributed by atoms with Crippen LogP contribution in [-0.2, 0) is 9.53 Å². The number of morpholine rings is 1. The predicted octanol–water partition coefficient (Wildman–Crippen LogP) is 1.12. The van der Waals surface area contributed by atoms with E-state index in [-0.39, 0.29) is 18.3 Å². The monoisotopic (exact) mass is 331 g/mol. The Labute approximate surface area is 140 Å². The van der Waals surface area contributed by atoms with E-state index in [2.05, 4.69) is 15.1 Å². The third-order valence-electron chi connectivity index (χ3n) is 5.17. The van der Waals surface area contributed by atoms with Crippen molar-refractivity contribution in [1.82, 2.24) is 15.1 Å². The molecule has 0 radical (unpaired) electrons. The van der Waals surface area contributed by atoms with Gasteiger partial charge < -0.3 is 15.0 Å². The number of nitrogens with zero attached hydrogens (tertiary/aromatic N) is 2. The van der Waals surface area contributed by atoms with E-state index < -0.39 is 0 Å². The van der Waals surface area contributed by atoms with Gasteiger partial charge in [0.05, 0.1) is 13.2 Å². The second-order valence-electron chi connectivity index (χ2n) is 6.62. The third kappa shape index (κ3) is 4.57. The number of halogens is 1. The summed E-state index contributed by atoms with van der Waals surface area (Å²) < 4.78 is 5.43. The number of hydrogen-bond acceptors (Lipinski definition) is 4. The fourth-order valence-corrected chi connectivity index (χ4v) is 3.87. The molecule has 128 valence electrons. The lowest BCUT2D eigenvalue weighted by atomic mass is 9.93. The summed E-state index contributed by atoms with van der Waals surface area (Å²) in [5.41, 5.74) is 0. The number of nitrogens with one attached hydrogen (secondary N) is 1. The molecule has 0 aromatic rings. The standard InChI is InChI=1S/C16H29N3O2.ClH/c20-16(14-4-6-17-7-5-14)19-8-2-1-3-15(19)13-18-9-11-21-12-10-18;/h14-15,17H,1-13H2;1H. The van der Waals surface area contributed by atoms with E-state index in [1.54, 1.807) is 0 Å². The van der Waals surface area contributed by atoms with Gasteiger partial charge in [0.25, 0.3) is 0 Å². The molecule has 6 heteroatoms. The number of ether oxygens (including phenoxy) is 1. The van der Waals surface area contributed by atoms with Gasteiger partial charge in [0, 0.05) is 38.1 Å². The van der Waals surface area contributed by atoms with Crippen molar-refractivity contribution in [3.05, 3.63) is 0 Å². The van der Waals surface area contributed by atoms with E-state index in [1.807, 2.05) is 0 Å². The second-order valence-corrected chi connectivity index (χ2v) is 6.62. The average Bonchev–Trinajstić information content (AvgIpc) is 2.56. The van der Waals surface area contributed by atoms with Crippen molar-refractivity contribution in [2.45, 2.75) is 38.1 Å². The molecular weight excluding hydrogens is 302 g/mol. The average molecular weight is 332 g/mol. The van der Waals surface area contributed by atoms with E-state index in [0.717, 1.165) is 65.3 Å². The first kappa shape index (κ1) is 18.0. The van der Waals surface area contributed by atoms with E-state index in [1.165, 1.54) is 19.3 Å². The molecule has 3 fully saturated rings. The van der Waals surface area contributed by atoms with Gasteiger partial charge in [-0.05, 0) is 45.2 Å². The van der Waals surface area contributed by atoms with E-state index in [9.17, 15) is 4.79 Å². The molecular formula is C16H30ClN3O2. The maximum atomic E-state index is 12.9. The summed E-state index contributed by atoms with van der Waals surface area (Å²) in [5, 5.41) is 3.36. The van der Waals surface area contributed by atoms with Crippen molar-refractivity contribution in [3.8, 4) is 0 Å². The number of hydrogen-bond donors (Lipinski definition) is 1. The molecule has 3 rings (SSSR count). The summed E-state index contributed by atoms with van der Waals surface area (Å²) in [7, 11) is 0. The Kier molecular flexibility index (Phi) is 7.41. The normalized spacial score (nSPS) is 28.2.